The SMILES string of the molecule is O=C(Nc1nc(-c2ccc(Br)cc2)cs1)c1ccc(-c2ccc(Br)cc2)o1. The molecule has 7 heteroatoms. The fraction of sp³-hybridized carbons (Fsp3) is 0. The number of hydrogen-bond acceptors (Lipinski definition) is 4. The number of nitrogens with zero attached hydrogens (tertiary/aromatic N) is 1. The molecule has 0 spiro atoms. The molecule has 2 heterocycles. The molecule has 0 bridgehead atoms. The molecule has 134 valence electrons. The molecule has 2 aromatic heterocycles. The first-order valence-corrected chi connectivity index (χ1v) is 10.4. The van der Waals surface area contributed by atoms with E-state index in [2.05, 4.69) is 42.2 Å². The summed E-state index contributed by atoms with van der Waals surface area (Å²) in [6.07, 6.45) is 0. The van der Waals surface area contributed by atoms with Gasteiger partial charge in [0.2, 0.25) is 0 Å². The lowest BCUT2D eigenvalue weighted by atomic mass is 10.2. The van der Waals surface area contributed by atoms with Gasteiger partial charge in [-0.05, 0) is 36.4 Å². The first-order valence-electron chi connectivity index (χ1n) is 7.97. The lowest BCUT2D eigenvalue weighted by Crippen LogP contribution is -2.10. The van der Waals surface area contributed by atoms with Gasteiger partial charge in [0.25, 0.3) is 5.91 Å². The van der Waals surface area contributed by atoms with Crippen LogP contribution >= 0.6 is 43.2 Å². The highest BCUT2D eigenvalue weighted by molar-refractivity contribution is 9.10. The van der Waals surface area contributed by atoms with Crippen molar-refractivity contribution in [1.29, 1.82) is 0 Å². The maximum absolute atomic E-state index is 12.5. The molecule has 0 aliphatic heterocycles. The Morgan fingerprint density at radius 1 is 0.889 bits per heavy atom. The average molecular weight is 504 g/mol. The molecule has 4 nitrogen and oxygen atoms in total. The minimum atomic E-state index is -0.324. The van der Waals surface area contributed by atoms with Crippen LogP contribution in [0, 0.1) is 0 Å². The number of amides is 1. The van der Waals surface area contributed by atoms with Crippen molar-refractivity contribution in [3.8, 4) is 22.6 Å². The Kier molecular flexibility index (Phi) is 5.24. The van der Waals surface area contributed by atoms with Crippen molar-refractivity contribution in [3.63, 3.8) is 0 Å². The summed E-state index contributed by atoms with van der Waals surface area (Å²) in [6.45, 7) is 0. The van der Waals surface area contributed by atoms with E-state index in [1.807, 2.05) is 53.9 Å². The van der Waals surface area contributed by atoms with Crippen LogP contribution in [0.25, 0.3) is 22.6 Å². The minimum Gasteiger partial charge on any atom is -0.451 e. The van der Waals surface area contributed by atoms with E-state index in [1.165, 1.54) is 11.3 Å². The van der Waals surface area contributed by atoms with E-state index in [9.17, 15) is 4.79 Å². The number of rotatable bonds is 4. The predicted octanol–water partition coefficient (Wildman–Crippen LogP) is 6.85. The fourth-order valence-electron chi connectivity index (χ4n) is 2.47. The van der Waals surface area contributed by atoms with Gasteiger partial charge in [0.15, 0.2) is 10.9 Å². The predicted molar refractivity (Wildman–Crippen MR) is 115 cm³/mol. The Hall–Kier alpha value is -2.22. The van der Waals surface area contributed by atoms with Crippen molar-refractivity contribution in [2.24, 2.45) is 0 Å². The Bertz CT molecular complexity index is 1090. The average Bonchev–Trinajstić information content (AvgIpc) is 3.33. The Morgan fingerprint density at radius 3 is 2.19 bits per heavy atom. The van der Waals surface area contributed by atoms with Crippen LogP contribution < -0.4 is 5.32 Å². The van der Waals surface area contributed by atoms with Crippen molar-refractivity contribution in [1.82, 2.24) is 4.98 Å². The van der Waals surface area contributed by atoms with Crippen LogP contribution in [0.1, 0.15) is 10.6 Å². The zero-order valence-corrected chi connectivity index (χ0v) is 17.8. The number of furan rings is 1. The second-order valence-corrected chi connectivity index (χ2v) is 8.36. The Morgan fingerprint density at radius 2 is 1.52 bits per heavy atom. The summed E-state index contributed by atoms with van der Waals surface area (Å²) in [6, 6.07) is 19.0. The first-order chi connectivity index (χ1) is 13.1. The molecule has 1 amide bonds. The highest BCUT2D eigenvalue weighted by Gasteiger charge is 2.14. The van der Waals surface area contributed by atoms with Crippen LogP contribution in [-0.2, 0) is 0 Å². The molecule has 27 heavy (non-hydrogen) atoms. The van der Waals surface area contributed by atoms with Gasteiger partial charge in [-0.25, -0.2) is 4.98 Å². The zero-order valence-electron chi connectivity index (χ0n) is 13.8. The Labute approximate surface area is 176 Å². The van der Waals surface area contributed by atoms with E-state index in [1.54, 1.807) is 12.1 Å². The van der Waals surface area contributed by atoms with E-state index in [-0.39, 0.29) is 11.7 Å². The Balaban J connectivity index is 1.48. The molecule has 0 aliphatic rings. The molecule has 1 N–H and O–H groups in total. The summed E-state index contributed by atoms with van der Waals surface area (Å²) in [5.41, 5.74) is 2.72. The van der Waals surface area contributed by atoms with Crippen LogP contribution in [-0.4, -0.2) is 10.9 Å². The molecule has 0 saturated heterocycles. The highest BCUT2D eigenvalue weighted by Crippen LogP contribution is 2.27. The highest BCUT2D eigenvalue weighted by atomic mass is 79.9. The number of anilines is 1. The maximum atomic E-state index is 12.5. The van der Waals surface area contributed by atoms with Gasteiger partial charge in [-0.15, -0.1) is 11.3 Å². The summed E-state index contributed by atoms with van der Waals surface area (Å²) in [7, 11) is 0. The standard InChI is InChI=1S/C20H12Br2N2O2S/c21-14-5-1-12(2-6-14)16-11-27-20(23-16)24-19(25)18-10-9-17(26-18)13-3-7-15(22)8-4-13/h1-11H,(H,23,24,25). The van der Waals surface area contributed by atoms with Gasteiger partial charge >= 0.3 is 0 Å². The van der Waals surface area contributed by atoms with Gasteiger partial charge in [-0.2, -0.15) is 0 Å². The smallest absolute Gasteiger partial charge is 0.293 e. The summed E-state index contributed by atoms with van der Waals surface area (Å²) in [5.74, 6) is 0.561. The number of aromatic nitrogens is 1. The molecule has 0 unspecified atom stereocenters. The van der Waals surface area contributed by atoms with E-state index in [0.717, 1.165) is 25.8 Å². The van der Waals surface area contributed by atoms with Crippen molar-refractivity contribution >= 4 is 54.2 Å². The molecule has 2 aromatic carbocycles. The second kappa shape index (κ2) is 7.80. The summed E-state index contributed by atoms with van der Waals surface area (Å²) in [5, 5.41) is 5.23. The van der Waals surface area contributed by atoms with Gasteiger partial charge in [0, 0.05) is 25.5 Å². The van der Waals surface area contributed by atoms with Crippen LogP contribution in [0.15, 0.2) is 79.4 Å². The number of benzene rings is 2. The third-order valence-corrected chi connectivity index (χ3v) is 5.64. The van der Waals surface area contributed by atoms with Gasteiger partial charge in [0.05, 0.1) is 5.69 Å². The summed E-state index contributed by atoms with van der Waals surface area (Å²) < 4.78 is 7.69. The van der Waals surface area contributed by atoms with Crippen molar-refractivity contribution < 1.29 is 9.21 Å². The number of halogens is 2. The zero-order chi connectivity index (χ0) is 18.8. The van der Waals surface area contributed by atoms with Crippen LogP contribution in [0.2, 0.25) is 0 Å². The fourth-order valence-corrected chi connectivity index (χ4v) is 3.72. The lowest BCUT2D eigenvalue weighted by molar-refractivity contribution is 0.0997. The molecular formula is C20H12Br2N2O2S. The topological polar surface area (TPSA) is 55.1 Å². The van der Waals surface area contributed by atoms with E-state index in [0.29, 0.717) is 10.9 Å². The van der Waals surface area contributed by atoms with Gasteiger partial charge in [-0.1, -0.05) is 56.1 Å². The normalized spacial score (nSPS) is 10.7. The molecule has 0 saturated carbocycles. The summed E-state index contributed by atoms with van der Waals surface area (Å²) >= 11 is 8.19. The third kappa shape index (κ3) is 4.21. The molecule has 4 rings (SSSR count). The molecule has 0 fully saturated rings. The van der Waals surface area contributed by atoms with Crippen LogP contribution in [0.4, 0.5) is 5.13 Å². The lowest BCUT2D eigenvalue weighted by Gasteiger charge is -2.00. The minimum absolute atomic E-state index is 0.244. The van der Waals surface area contributed by atoms with E-state index < -0.39 is 0 Å². The number of nitrogens with one attached hydrogen (secondary N) is 1. The monoisotopic (exact) mass is 502 g/mol. The number of hydrogen-bond donors (Lipinski definition) is 1. The molecular weight excluding hydrogens is 492 g/mol. The second-order valence-electron chi connectivity index (χ2n) is 5.67. The van der Waals surface area contributed by atoms with Crippen molar-refractivity contribution in [2.75, 3.05) is 5.32 Å². The summed E-state index contributed by atoms with van der Waals surface area (Å²) in [4.78, 5) is 16.9. The number of thiazole rings is 1. The molecule has 0 radical (unpaired) electrons. The number of carbonyl (C=O) groups is 1. The van der Waals surface area contributed by atoms with Gasteiger partial charge in [-0.3, -0.25) is 10.1 Å². The molecule has 0 atom stereocenters. The maximum Gasteiger partial charge on any atom is 0.293 e. The van der Waals surface area contributed by atoms with Crippen molar-refractivity contribution in [2.45, 2.75) is 0 Å². The van der Waals surface area contributed by atoms with Crippen molar-refractivity contribution in [3.05, 3.63) is 80.7 Å². The van der Waals surface area contributed by atoms with E-state index in [4.69, 9.17) is 4.42 Å². The van der Waals surface area contributed by atoms with Gasteiger partial charge in [0.1, 0.15) is 5.76 Å². The van der Waals surface area contributed by atoms with Crippen LogP contribution in [0.5, 0.6) is 0 Å². The molecule has 4 aromatic rings. The quantitative estimate of drug-likeness (QED) is 0.331. The first kappa shape index (κ1) is 18.2. The van der Waals surface area contributed by atoms with Crippen LogP contribution in [0.3, 0.4) is 0 Å². The van der Waals surface area contributed by atoms with E-state index >= 15 is 0 Å². The number of carbonyl (C=O) groups excluding carboxylic acids is 1. The molecule has 0 aliphatic carbocycles. The third-order valence-electron chi connectivity index (χ3n) is 3.82. The largest absolute Gasteiger partial charge is 0.451 e. The van der Waals surface area contributed by atoms with Gasteiger partial charge < -0.3 is 4.42 Å².